The van der Waals surface area contributed by atoms with Gasteiger partial charge in [0.15, 0.2) is 17.5 Å². The van der Waals surface area contributed by atoms with Crippen LogP contribution in [0.4, 0.5) is 0 Å². The number of benzene rings is 6. The van der Waals surface area contributed by atoms with Crippen LogP contribution in [-0.4, -0.2) is 15.0 Å². The highest BCUT2D eigenvalue weighted by Crippen LogP contribution is 2.39. The number of rotatable bonds is 6. The van der Waals surface area contributed by atoms with Crippen LogP contribution in [-0.2, 0) is 0 Å². The molecule has 0 radical (unpaired) electrons. The van der Waals surface area contributed by atoms with Crippen LogP contribution in [0, 0.1) is 6.92 Å². The number of nitrogens with zero attached hydrogens (tertiary/aromatic N) is 3. The molecule has 8 rings (SSSR count). The van der Waals surface area contributed by atoms with E-state index in [2.05, 4.69) is 98.4 Å². The van der Waals surface area contributed by atoms with E-state index in [0.717, 1.165) is 66.4 Å². The molecule has 0 bridgehead atoms. The molecule has 0 fully saturated rings. The van der Waals surface area contributed by atoms with Gasteiger partial charge in [-0.1, -0.05) is 140 Å². The van der Waals surface area contributed by atoms with Gasteiger partial charge in [0.25, 0.3) is 0 Å². The quantitative estimate of drug-likeness (QED) is 0.193. The molecular weight excluding hydrogens is 562 g/mol. The van der Waals surface area contributed by atoms with E-state index in [1.54, 1.807) is 0 Å². The number of hydrogen-bond acceptors (Lipinski definition) is 4. The van der Waals surface area contributed by atoms with Crippen molar-refractivity contribution >= 4 is 28.0 Å². The minimum Gasteiger partial charge on any atom is -0.455 e. The zero-order valence-corrected chi connectivity index (χ0v) is 25.3. The first-order valence-electron chi connectivity index (χ1n) is 15.3. The lowest BCUT2D eigenvalue weighted by atomic mass is 9.91. The Morgan fingerprint density at radius 3 is 1.98 bits per heavy atom. The molecule has 0 amide bonds. The molecule has 0 saturated carbocycles. The van der Waals surface area contributed by atoms with Gasteiger partial charge in [0.1, 0.15) is 11.2 Å². The highest BCUT2D eigenvalue weighted by Gasteiger charge is 2.19. The smallest absolute Gasteiger partial charge is 0.164 e. The second-order valence-corrected chi connectivity index (χ2v) is 11.3. The van der Waals surface area contributed by atoms with Crippen LogP contribution in [0.25, 0.3) is 84.4 Å². The Labute approximate surface area is 267 Å². The molecule has 0 unspecified atom stereocenters. The summed E-state index contributed by atoms with van der Waals surface area (Å²) in [5.74, 6) is 1.82. The van der Waals surface area contributed by atoms with Crippen LogP contribution < -0.4 is 0 Å². The fourth-order valence-corrected chi connectivity index (χ4v) is 6.22. The molecule has 6 aromatic carbocycles. The first-order valence-corrected chi connectivity index (χ1v) is 15.3. The first kappa shape index (κ1) is 27.4. The summed E-state index contributed by atoms with van der Waals surface area (Å²) in [4.78, 5) is 15.2. The van der Waals surface area contributed by atoms with E-state index in [4.69, 9.17) is 19.4 Å². The third-order valence-electron chi connectivity index (χ3n) is 8.48. The van der Waals surface area contributed by atoms with Gasteiger partial charge in [-0.3, -0.25) is 0 Å². The molecule has 0 N–H and O–H groups in total. The number of para-hydroxylation sites is 2. The van der Waals surface area contributed by atoms with Crippen LogP contribution in [0.15, 0.2) is 151 Å². The van der Waals surface area contributed by atoms with E-state index >= 15 is 0 Å². The number of furan rings is 1. The minimum atomic E-state index is 0.599. The van der Waals surface area contributed by atoms with Crippen molar-refractivity contribution in [2.24, 2.45) is 0 Å². The van der Waals surface area contributed by atoms with Gasteiger partial charge in [-0.05, 0) is 41.3 Å². The summed E-state index contributed by atoms with van der Waals surface area (Å²) in [6.07, 6.45) is 1.90. The van der Waals surface area contributed by atoms with Gasteiger partial charge < -0.3 is 4.42 Å². The van der Waals surface area contributed by atoms with E-state index in [-0.39, 0.29) is 0 Å². The largest absolute Gasteiger partial charge is 0.455 e. The Bertz CT molecular complexity index is 2410. The summed E-state index contributed by atoms with van der Waals surface area (Å²) in [6, 6.07) is 47.5. The molecule has 46 heavy (non-hydrogen) atoms. The molecule has 218 valence electrons. The molecule has 0 aliphatic heterocycles. The van der Waals surface area contributed by atoms with E-state index in [9.17, 15) is 0 Å². The van der Waals surface area contributed by atoms with Crippen molar-refractivity contribution in [2.75, 3.05) is 0 Å². The number of hydrogen-bond donors (Lipinski definition) is 0. The van der Waals surface area contributed by atoms with Gasteiger partial charge in [-0.2, -0.15) is 0 Å². The summed E-state index contributed by atoms with van der Waals surface area (Å²) in [5.41, 5.74) is 10.9. The lowest BCUT2D eigenvalue weighted by molar-refractivity contribution is 0.670. The number of fused-ring (bicyclic) bond motifs is 3. The van der Waals surface area contributed by atoms with Crippen molar-refractivity contribution in [1.29, 1.82) is 0 Å². The zero-order valence-electron chi connectivity index (χ0n) is 25.3. The molecule has 0 spiro atoms. The standard InChI is InChI=1S/C42H29N3O/c1-3-28-17-12-24-36(38(28)32-20-8-7-14-27(32)2)42-44-40(29-15-5-4-6-16-29)43-41(45-42)31-19-11-18-30(26-31)33-22-13-23-35-34-21-9-10-25-37(34)46-39(33)35/h3-26H,1H2,2H3. The van der Waals surface area contributed by atoms with Crippen LogP contribution in [0.2, 0.25) is 0 Å². The Balaban J connectivity index is 1.34. The summed E-state index contributed by atoms with van der Waals surface area (Å²) in [7, 11) is 0. The minimum absolute atomic E-state index is 0.599. The molecule has 0 aliphatic rings. The Morgan fingerprint density at radius 1 is 0.522 bits per heavy atom. The molecule has 2 heterocycles. The summed E-state index contributed by atoms with van der Waals surface area (Å²) >= 11 is 0. The van der Waals surface area contributed by atoms with Crippen molar-refractivity contribution in [3.8, 4) is 56.4 Å². The second-order valence-electron chi connectivity index (χ2n) is 11.3. The fraction of sp³-hybridized carbons (Fsp3) is 0.0238. The molecule has 0 saturated heterocycles. The normalized spacial score (nSPS) is 11.2. The Morgan fingerprint density at radius 2 is 1.13 bits per heavy atom. The first-order chi connectivity index (χ1) is 22.7. The van der Waals surface area contributed by atoms with Crippen molar-refractivity contribution in [2.45, 2.75) is 6.92 Å². The molecule has 0 aliphatic carbocycles. The molecule has 4 nitrogen and oxygen atoms in total. The van der Waals surface area contributed by atoms with Gasteiger partial charge in [0, 0.05) is 38.6 Å². The van der Waals surface area contributed by atoms with E-state index < -0.39 is 0 Å². The van der Waals surface area contributed by atoms with Crippen LogP contribution >= 0.6 is 0 Å². The third-order valence-corrected chi connectivity index (χ3v) is 8.48. The third kappa shape index (κ3) is 4.77. The van der Waals surface area contributed by atoms with Crippen LogP contribution in [0.5, 0.6) is 0 Å². The predicted octanol–water partition coefficient (Wildman–Crippen LogP) is 11.1. The SMILES string of the molecule is C=Cc1cccc(-c2nc(-c3ccccc3)nc(-c3cccc(-c4cccc5c4oc4ccccc45)c3)n2)c1-c1ccccc1C. The summed E-state index contributed by atoms with van der Waals surface area (Å²) < 4.78 is 6.37. The molecule has 0 atom stereocenters. The van der Waals surface area contributed by atoms with Gasteiger partial charge in [0.2, 0.25) is 0 Å². The predicted molar refractivity (Wildman–Crippen MR) is 189 cm³/mol. The molecule has 2 aromatic heterocycles. The summed E-state index contributed by atoms with van der Waals surface area (Å²) in [6.45, 7) is 6.25. The second kappa shape index (κ2) is 11.4. The maximum Gasteiger partial charge on any atom is 0.164 e. The zero-order chi connectivity index (χ0) is 31.0. The topological polar surface area (TPSA) is 51.8 Å². The lowest BCUT2D eigenvalue weighted by Gasteiger charge is -2.16. The monoisotopic (exact) mass is 591 g/mol. The number of aromatic nitrogens is 3. The molecule has 4 heteroatoms. The Kier molecular flexibility index (Phi) is 6.81. The van der Waals surface area contributed by atoms with Crippen molar-refractivity contribution in [3.63, 3.8) is 0 Å². The Hall–Kier alpha value is -6.13. The summed E-state index contributed by atoms with van der Waals surface area (Å²) in [5, 5.41) is 2.20. The van der Waals surface area contributed by atoms with E-state index in [0.29, 0.717) is 17.5 Å². The lowest BCUT2D eigenvalue weighted by Crippen LogP contribution is -2.02. The maximum atomic E-state index is 6.37. The molecular formula is C42H29N3O. The highest BCUT2D eigenvalue weighted by atomic mass is 16.3. The van der Waals surface area contributed by atoms with Crippen molar-refractivity contribution in [3.05, 3.63) is 157 Å². The van der Waals surface area contributed by atoms with Crippen LogP contribution in [0.1, 0.15) is 11.1 Å². The molecule has 8 aromatic rings. The van der Waals surface area contributed by atoms with Crippen molar-refractivity contribution < 1.29 is 4.42 Å². The fourth-order valence-electron chi connectivity index (χ4n) is 6.22. The average molecular weight is 592 g/mol. The number of aryl methyl sites for hydroxylation is 1. The van der Waals surface area contributed by atoms with Gasteiger partial charge in [-0.15, -0.1) is 0 Å². The van der Waals surface area contributed by atoms with E-state index in [1.165, 1.54) is 5.56 Å². The van der Waals surface area contributed by atoms with Gasteiger partial charge in [-0.25, -0.2) is 15.0 Å². The van der Waals surface area contributed by atoms with Gasteiger partial charge in [0.05, 0.1) is 0 Å². The van der Waals surface area contributed by atoms with Crippen LogP contribution in [0.3, 0.4) is 0 Å². The van der Waals surface area contributed by atoms with Crippen molar-refractivity contribution in [1.82, 2.24) is 15.0 Å². The van der Waals surface area contributed by atoms with Gasteiger partial charge >= 0.3 is 0 Å². The maximum absolute atomic E-state index is 6.37. The highest BCUT2D eigenvalue weighted by molar-refractivity contribution is 6.09. The van der Waals surface area contributed by atoms with E-state index in [1.807, 2.05) is 60.7 Å². The average Bonchev–Trinajstić information content (AvgIpc) is 3.51.